The highest BCUT2D eigenvalue weighted by atomic mass is 35.5. The van der Waals surface area contributed by atoms with Crippen LogP contribution < -0.4 is 4.74 Å². The molecule has 0 amide bonds. The second kappa shape index (κ2) is 5.03. The van der Waals surface area contributed by atoms with Crippen LogP contribution in [0.5, 0.6) is 5.75 Å². The largest absolute Gasteiger partial charge is 0.492 e. The topological polar surface area (TPSA) is 46.5 Å². The Morgan fingerprint density at radius 2 is 2.20 bits per heavy atom. The first-order chi connectivity index (χ1) is 7.02. The SMILES string of the molecule is CC(C)COc1cccc(Cl)c1C(=O)O. The number of hydrogen-bond acceptors (Lipinski definition) is 2. The van der Waals surface area contributed by atoms with Gasteiger partial charge in [0.05, 0.1) is 11.6 Å². The van der Waals surface area contributed by atoms with Crippen LogP contribution in [-0.2, 0) is 0 Å². The average molecular weight is 229 g/mol. The smallest absolute Gasteiger partial charge is 0.341 e. The Kier molecular flexibility index (Phi) is 3.97. The number of halogens is 1. The van der Waals surface area contributed by atoms with Crippen LogP contribution in [0.15, 0.2) is 18.2 Å². The van der Waals surface area contributed by atoms with E-state index in [0.29, 0.717) is 18.3 Å². The molecular formula is C11H13ClO3. The van der Waals surface area contributed by atoms with Crippen molar-refractivity contribution in [1.82, 2.24) is 0 Å². The van der Waals surface area contributed by atoms with Gasteiger partial charge in [-0.25, -0.2) is 4.79 Å². The lowest BCUT2D eigenvalue weighted by Crippen LogP contribution is -2.08. The van der Waals surface area contributed by atoms with Crippen LogP contribution in [0.2, 0.25) is 5.02 Å². The molecule has 1 rings (SSSR count). The summed E-state index contributed by atoms with van der Waals surface area (Å²) in [5.74, 6) is -0.409. The Bertz CT molecular complexity index is 361. The standard InChI is InChI=1S/C11H13ClO3/c1-7(2)6-15-9-5-3-4-8(12)10(9)11(13)14/h3-5,7H,6H2,1-2H3,(H,13,14). The van der Waals surface area contributed by atoms with Crippen LogP contribution in [0.3, 0.4) is 0 Å². The Morgan fingerprint density at radius 3 is 2.73 bits per heavy atom. The van der Waals surface area contributed by atoms with Crippen LogP contribution in [-0.4, -0.2) is 17.7 Å². The highest BCUT2D eigenvalue weighted by Gasteiger charge is 2.15. The predicted octanol–water partition coefficient (Wildman–Crippen LogP) is 3.07. The quantitative estimate of drug-likeness (QED) is 0.862. The van der Waals surface area contributed by atoms with Gasteiger partial charge in [-0.1, -0.05) is 31.5 Å². The summed E-state index contributed by atoms with van der Waals surface area (Å²) in [7, 11) is 0. The summed E-state index contributed by atoms with van der Waals surface area (Å²) in [5, 5.41) is 9.15. The Balaban J connectivity index is 2.96. The van der Waals surface area contributed by atoms with Crippen LogP contribution in [0.1, 0.15) is 24.2 Å². The maximum atomic E-state index is 10.9. The van der Waals surface area contributed by atoms with Gasteiger partial charge in [0.15, 0.2) is 0 Å². The minimum absolute atomic E-state index is 0.0276. The summed E-state index contributed by atoms with van der Waals surface area (Å²) in [6, 6.07) is 4.81. The maximum absolute atomic E-state index is 10.9. The molecule has 1 N–H and O–H groups in total. The molecule has 0 saturated carbocycles. The second-order valence-corrected chi connectivity index (χ2v) is 4.03. The number of carboxylic acid groups (broad SMARTS) is 1. The van der Waals surface area contributed by atoms with Gasteiger partial charge in [-0.2, -0.15) is 0 Å². The van der Waals surface area contributed by atoms with Gasteiger partial charge < -0.3 is 9.84 Å². The molecular weight excluding hydrogens is 216 g/mol. The van der Waals surface area contributed by atoms with Crippen LogP contribution in [0.25, 0.3) is 0 Å². The van der Waals surface area contributed by atoms with E-state index in [2.05, 4.69) is 0 Å². The van der Waals surface area contributed by atoms with Gasteiger partial charge >= 0.3 is 5.97 Å². The van der Waals surface area contributed by atoms with Crippen molar-refractivity contribution in [2.45, 2.75) is 13.8 Å². The minimum Gasteiger partial charge on any atom is -0.492 e. The summed E-state index contributed by atoms with van der Waals surface area (Å²) >= 11 is 5.78. The Labute approximate surface area is 93.6 Å². The van der Waals surface area contributed by atoms with E-state index in [0.717, 1.165) is 0 Å². The fraction of sp³-hybridized carbons (Fsp3) is 0.364. The van der Waals surface area contributed by atoms with E-state index >= 15 is 0 Å². The molecule has 0 heterocycles. The van der Waals surface area contributed by atoms with Crippen LogP contribution in [0, 0.1) is 5.92 Å². The molecule has 0 fully saturated rings. The van der Waals surface area contributed by atoms with E-state index in [1.807, 2.05) is 13.8 Å². The van der Waals surface area contributed by atoms with Crippen molar-refractivity contribution < 1.29 is 14.6 Å². The molecule has 15 heavy (non-hydrogen) atoms. The first-order valence-corrected chi connectivity index (χ1v) is 5.04. The summed E-state index contributed by atoms with van der Waals surface area (Å²) in [4.78, 5) is 10.9. The number of ether oxygens (including phenoxy) is 1. The summed E-state index contributed by atoms with van der Waals surface area (Å²) in [5.41, 5.74) is 0.0276. The lowest BCUT2D eigenvalue weighted by Gasteiger charge is -2.11. The van der Waals surface area contributed by atoms with Gasteiger partial charge in [0.1, 0.15) is 11.3 Å². The van der Waals surface area contributed by atoms with Gasteiger partial charge in [-0.15, -0.1) is 0 Å². The van der Waals surface area contributed by atoms with Crippen molar-refractivity contribution in [3.05, 3.63) is 28.8 Å². The first-order valence-electron chi connectivity index (χ1n) is 4.67. The second-order valence-electron chi connectivity index (χ2n) is 3.62. The highest BCUT2D eigenvalue weighted by molar-refractivity contribution is 6.33. The van der Waals surface area contributed by atoms with E-state index < -0.39 is 5.97 Å². The molecule has 0 aromatic heterocycles. The fourth-order valence-corrected chi connectivity index (χ4v) is 1.34. The van der Waals surface area contributed by atoms with Crippen molar-refractivity contribution in [3.8, 4) is 5.75 Å². The molecule has 0 aliphatic rings. The average Bonchev–Trinajstić information content (AvgIpc) is 2.13. The molecule has 1 aromatic rings. The third kappa shape index (κ3) is 3.13. The lowest BCUT2D eigenvalue weighted by atomic mass is 10.2. The maximum Gasteiger partial charge on any atom is 0.341 e. The first kappa shape index (κ1) is 11.9. The Hall–Kier alpha value is -1.22. The number of benzene rings is 1. The number of aromatic carboxylic acids is 1. The summed E-state index contributed by atoms with van der Waals surface area (Å²) in [6.45, 7) is 4.45. The number of hydrogen-bond donors (Lipinski definition) is 1. The molecule has 0 aliphatic carbocycles. The summed E-state index contributed by atoms with van der Waals surface area (Å²) in [6.07, 6.45) is 0. The molecule has 0 bridgehead atoms. The van der Waals surface area contributed by atoms with E-state index in [-0.39, 0.29) is 10.6 Å². The number of carbonyl (C=O) groups is 1. The molecule has 0 aliphatic heterocycles. The molecule has 4 heteroatoms. The molecule has 0 saturated heterocycles. The highest BCUT2D eigenvalue weighted by Crippen LogP contribution is 2.26. The van der Waals surface area contributed by atoms with Crippen LogP contribution >= 0.6 is 11.6 Å². The molecule has 82 valence electrons. The molecule has 3 nitrogen and oxygen atoms in total. The van der Waals surface area contributed by atoms with E-state index in [1.54, 1.807) is 12.1 Å². The predicted molar refractivity (Wildman–Crippen MR) is 58.7 cm³/mol. The van der Waals surface area contributed by atoms with Crippen molar-refractivity contribution in [1.29, 1.82) is 0 Å². The van der Waals surface area contributed by atoms with Gasteiger partial charge in [0.2, 0.25) is 0 Å². The zero-order valence-electron chi connectivity index (χ0n) is 8.66. The van der Waals surface area contributed by atoms with E-state index in [4.69, 9.17) is 21.4 Å². The van der Waals surface area contributed by atoms with Crippen molar-refractivity contribution in [2.75, 3.05) is 6.61 Å². The van der Waals surface area contributed by atoms with Crippen LogP contribution in [0.4, 0.5) is 0 Å². The fourth-order valence-electron chi connectivity index (χ4n) is 1.09. The zero-order chi connectivity index (χ0) is 11.4. The third-order valence-corrected chi connectivity index (χ3v) is 2.08. The zero-order valence-corrected chi connectivity index (χ0v) is 9.41. The molecule has 0 radical (unpaired) electrons. The van der Waals surface area contributed by atoms with Gasteiger partial charge in [0.25, 0.3) is 0 Å². The van der Waals surface area contributed by atoms with Gasteiger partial charge in [-0.05, 0) is 18.1 Å². The van der Waals surface area contributed by atoms with Crippen molar-refractivity contribution >= 4 is 17.6 Å². The molecule has 1 aromatic carbocycles. The van der Waals surface area contributed by atoms with Gasteiger partial charge in [-0.3, -0.25) is 0 Å². The van der Waals surface area contributed by atoms with E-state index in [9.17, 15) is 4.79 Å². The Morgan fingerprint density at radius 1 is 1.53 bits per heavy atom. The lowest BCUT2D eigenvalue weighted by molar-refractivity contribution is 0.0691. The summed E-state index contributed by atoms with van der Waals surface area (Å²) < 4.78 is 5.38. The minimum atomic E-state index is -1.07. The van der Waals surface area contributed by atoms with Crippen molar-refractivity contribution in [2.24, 2.45) is 5.92 Å². The normalized spacial score (nSPS) is 10.4. The van der Waals surface area contributed by atoms with Gasteiger partial charge in [0, 0.05) is 0 Å². The molecule has 0 unspecified atom stereocenters. The molecule has 0 atom stereocenters. The number of rotatable bonds is 4. The van der Waals surface area contributed by atoms with Crippen molar-refractivity contribution in [3.63, 3.8) is 0 Å². The van der Waals surface area contributed by atoms with E-state index in [1.165, 1.54) is 6.07 Å². The molecule has 0 spiro atoms. The monoisotopic (exact) mass is 228 g/mol. The number of carboxylic acids is 1. The third-order valence-electron chi connectivity index (χ3n) is 1.76.